The minimum atomic E-state index is -0.00429. The second-order valence-corrected chi connectivity index (χ2v) is 3.22. The Labute approximate surface area is 80.0 Å². The van der Waals surface area contributed by atoms with Gasteiger partial charge in [-0.25, -0.2) is 0 Å². The Hall–Kier alpha value is -1.35. The highest BCUT2D eigenvalue weighted by atomic mass is 35.5. The maximum Gasteiger partial charge on any atom is 0.162 e. The van der Waals surface area contributed by atoms with Gasteiger partial charge >= 0.3 is 0 Å². The fourth-order valence-electron chi connectivity index (χ4n) is 1.27. The molecule has 0 saturated heterocycles. The second-order valence-electron chi connectivity index (χ2n) is 2.82. The average Bonchev–Trinajstić information content (AvgIpc) is 2.15. The van der Waals surface area contributed by atoms with Crippen LogP contribution in [0.5, 0.6) is 5.75 Å². The van der Waals surface area contributed by atoms with Crippen LogP contribution in [0.4, 0.5) is 0 Å². The molecule has 0 aliphatic rings. The van der Waals surface area contributed by atoms with E-state index >= 15 is 0 Å². The van der Waals surface area contributed by atoms with Crippen LogP contribution >= 0.6 is 11.6 Å². The molecule has 66 valence electrons. The van der Waals surface area contributed by atoms with E-state index in [-0.39, 0.29) is 5.75 Å². The van der Waals surface area contributed by atoms with E-state index < -0.39 is 0 Å². The van der Waals surface area contributed by atoms with Crippen LogP contribution in [0, 0.1) is 6.92 Å². The third kappa shape index (κ3) is 1.21. The number of aryl methyl sites for hydroxylation is 1. The topological polar surface area (TPSA) is 46.0 Å². The Balaban J connectivity index is 2.97. The Morgan fingerprint density at radius 3 is 3.00 bits per heavy atom. The summed E-state index contributed by atoms with van der Waals surface area (Å²) < 4.78 is 0. The summed E-state index contributed by atoms with van der Waals surface area (Å²) in [6.07, 6.45) is 1.59. The van der Waals surface area contributed by atoms with Crippen molar-refractivity contribution < 1.29 is 5.11 Å². The smallest absolute Gasteiger partial charge is 0.162 e. The summed E-state index contributed by atoms with van der Waals surface area (Å²) in [7, 11) is 0. The molecule has 1 N–H and O–H groups in total. The molecule has 1 heterocycles. The number of halogens is 1. The number of phenolic OH excluding ortho intramolecular Hbond substituents is 1. The van der Waals surface area contributed by atoms with E-state index in [1.54, 1.807) is 18.3 Å². The highest BCUT2D eigenvalue weighted by Gasteiger charge is 2.08. The molecule has 0 aliphatic heterocycles. The van der Waals surface area contributed by atoms with Gasteiger partial charge in [0.25, 0.3) is 0 Å². The molecule has 3 nitrogen and oxygen atoms in total. The number of hydrogen-bond donors (Lipinski definition) is 1. The first-order valence-electron chi connectivity index (χ1n) is 3.79. The summed E-state index contributed by atoms with van der Waals surface area (Å²) in [6.45, 7) is 1.91. The van der Waals surface area contributed by atoms with Crippen molar-refractivity contribution in [1.82, 2.24) is 10.2 Å². The van der Waals surface area contributed by atoms with Crippen LogP contribution in [-0.2, 0) is 0 Å². The Bertz CT molecular complexity index is 470. The number of phenols is 1. The molecule has 4 heteroatoms. The van der Waals surface area contributed by atoms with E-state index in [0.29, 0.717) is 10.5 Å². The van der Waals surface area contributed by atoms with Gasteiger partial charge in [0, 0.05) is 5.39 Å². The lowest BCUT2D eigenvalue weighted by molar-refractivity contribution is 0.480. The fraction of sp³-hybridized carbons (Fsp3) is 0.111. The van der Waals surface area contributed by atoms with Crippen molar-refractivity contribution in [2.24, 2.45) is 0 Å². The van der Waals surface area contributed by atoms with Crippen molar-refractivity contribution in [3.63, 3.8) is 0 Å². The zero-order valence-corrected chi connectivity index (χ0v) is 7.71. The minimum Gasteiger partial charge on any atom is -0.504 e. The molecule has 0 atom stereocenters. The molecule has 0 aliphatic carbocycles. The first-order chi connectivity index (χ1) is 6.20. The lowest BCUT2D eigenvalue weighted by atomic mass is 10.1. The zero-order chi connectivity index (χ0) is 9.42. The summed E-state index contributed by atoms with van der Waals surface area (Å²) in [5.41, 5.74) is 1.43. The first kappa shape index (κ1) is 8.26. The van der Waals surface area contributed by atoms with Crippen LogP contribution in [0.3, 0.4) is 0 Å². The van der Waals surface area contributed by atoms with Gasteiger partial charge in [0.15, 0.2) is 5.75 Å². The molecule has 2 rings (SSSR count). The van der Waals surface area contributed by atoms with Crippen LogP contribution < -0.4 is 0 Å². The molecule has 13 heavy (non-hydrogen) atoms. The summed E-state index contributed by atoms with van der Waals surface area (Å²) in [5.74, 6) is -0.00429. The van der Waals surface area contributed by atoms with Gasteiger partial charge < -0.3 is 5.11 Å². The molecular weight excluding hydrogens is 188 g/mol. The number of nitrogens with zero attached hydrogens (tertiary/aromatic N) is 2. The lowest BCUT2D eigenvalue weighted by Gasteiger charge is -2.03. The Morgan fingerprint density at radius 2 is 2.23 bits per heavy atom. The minimum absolute atomic E-state index is 0.00429. The van der Waals surface area contributed by atoms with Gasteiger partial charge in [0.2, 0.25) is 0 Å². The van der Waals surface area contributed by atoms with Gasteiger partial charge in [0.1, 0.15) is 5.52 Å². The van der Waals surface area contributed by atoms with Crippen molar-refractivity contribution in [2.45, 2.75) is 6.92 Å². The molecule has 0 bridgehead atoms. The number of aromatic nitrogens is 2. The molecule has 1 aromatic carbocycles. The second kappa shape index (κ2) is 2.85. The highest BCUT2D eigenvalue weighted by Crippen LogP contribution is 2.32. The maximum absolute atomic E-state index is 9.55. The largest absolute Gasteiger partial charge is 0.504 e. The van der Waals surface area contributed by atoms with Crippen molar-refractivity contribution >= 4 is 22.5 Å². The van der Waals surface area contributed by atoms with Gasteiger partial charge in [-0.05, 0) is 24.6 Å². The van der Waals surface area contributed by atoms with Crippen molar-refractivity contribution in [2.75, 3.05) is 0 Å². The van der Waals surface area contributed by atoms with Crippen LogP contribution in [0.15, 0.2) is 18.3 Å². The number of aromatic hydroxyl groups is 1. The van der Waals surface area contributed by atoms with Gasteiger partial charge in [-0.3, -0.25) is 0 Å². The number of fused-ring (bicyclic) bond motifs is 1. The number of rotatable bonds is 0. The van der Waals surface area contributed by atoms with Crippen LogP contribution in [0.2, 0.25) is 5.02 Å². The fourth-order valence-corrected chi connectivity index (χ4v) is 1.53. The van der Waals surface area contributed by atoms with Crippen LogP contribution in [0.25, 0.3) is 10.9 Å². The third-order valence-corrected chi connectivity index (χ3v) is 2.23. The van der Waals surface area contributed by atoms with E-state index in [0.717, 1.165) is 10.9 Å². The Morgan fingerprint density at radius 1 is 1.46 bits per heavy atom. The van der Waals surface area contributed by atoms with E-state index in [4.69, 9.17) is 11.6 Å². The van der Waals surface area contributed by atoms with Crippen LogP contribution in [-0.4, -0.2) is 15.3 Å². The quantitative estimate of drug-likeness (QED) is 0.700. The number of benzene rings is 1. The van der Waals surface area contributed by atoms with Gasteiger partial charge in [-0.15, -0.1) is 5.10 Å². The maximum atomic E-state index is 9.55. The normalized spacial score (nSPS) is 10.6. The molecule has 0 radical (unpaired) electrons. The van der Waals surface area contributed by atoms with Gasteiger partial charge in [0.05, 0.1) is 11.2 Å². The summed E-state index contributed by atoms with van der Waals surface area (Å²) >= 11 is 5.78. The molecular formula is C9H7ClN2O. The SMILES string of the molecule is Cc1cc(Cl)c(O)c2nnccc12. The van der Waals surface area contributed by atoms with E-state index in [1.165, 1.54) is 0 Å². The molecule has 0 fully saturated rings. The first-order valence-corrected chi connectivity index (χ1v) is 4.17. The predicted molar refractivity (Wildman–Crippen MR) is 50.9 cm³/mol. The monoisotopic (exact) mass is 194 g/mol. The van der Waals surface area contributed by atoms with Gasteiger partial charge in [-0.1, -0.05) is 11.6 Å². The lowest BCUT2D eigenvalue weighted by Crippen LogP contribution is -1.86. The molecule has 0 unspecified atom stereocenters. The molecule has 0 saturated carbocycles. The highest BCUT2D eigenvalue weighted by molar-refractivity contribution is 6.33. The van der Waals surface area contributed by atoms with Crippen molar-refractivity contribution in [1.29, 1.82) is 0 Å². The average molecular weight is 195 g/mol. The molecule has 0 amide bonds. The van der Waals surface area contributed by atoms with E-state index in [1.807, 2.05) is 6.92 Å². The number of hydrogen-bond acceptors (Lipinski definition) is 3. The van der Waals surface area contributed by atoms with E-state index in [9.17, 15) is 5.11 Å². The Kier molecular flexibility index (Phi) is 1.81. The van der Waals surface area contributed by atoms with Crippen molar-refractivity contribution in [3.8, 4) is 5.75 Å². The summed E-state index contributed by atoms with van der Waals surface area (Å²) in [6, 6.07) is 3.51. The summed E-state index contributed by atoms with van der Waals surface area (Å²) in [5, 5.41) is 18.2. The van der Waals surface area contributed by atoms with Crippen molar-refractivity contribution in [3.05, 3.63) is 28.9 Å². The standard InChI is InChI=1S/C9H7ClN2O/c1-5-4-7(10)9(13)8-6(5)2-3-11-12-8/h2-4,13H,1H3. The van der Waals surface area contributed by atoms with Gasteiger partial charge in [-0.2, -0.15) is 5.10 Å². The predicted octanol–water partition coefficient (Wildman–Crippen LogP) is 2.30. The molecule has 1 aromatic heterocycles. The molecule has 0 spiro atoms. The zero-order valence-electron chi connectivity index (χ0n) is 6.95. The van der Waals surface area contributed by atoms with E-state index in [2.05, 4.69) is 10.2 Å². The third-order valence-electron chi connectivity index (χ3n) is 1.94. The molecule has 2 aromatic rings. The van der Waals surface area contributed by atoms with Crippen LogP contribution in [0.1, 0.15) is 5.56 Å². The summed E-state index contributed by atoms with van der Waals surface area (Å²) in [4.78, 5) is 0.